The molecule has 10 heteroatoms. The molecule has 1 N–H and O–H groups in total. The Morgan fingerprint density at radius 2 is 1.67 bits per heavy atom. The van der Waals surface area contributed by atoms with Crippen molar-refractivity contribution in [2.24, 2.45) is 5.92 Å². The van der Waals surface area contributed by atoms with Crippen LogP contribution in [0.15, 0.2) is 48.5 Å². The van der Waals surface area contributed by atoms with Gasteiger partial charge in [-0.15, -0.1) is 0 Å². The van der Waals surface area contributed by atoms with Crippen LogP contribution in [0, 0.1) is 17.6 Å². The lowest BCUT2D eigenvalue weighted by Crippen LogP contribution is -2.49. The van der Waals surface area contributed by atoms with Gasteiger partial charge in [0, 0.05) is 26.1 Å². The van der Waals surface area contributed by atoms with Crippen molar-refractivity contribution < 1.29 is 26.8 Å². The first-order chi connectivity index (χ1) is 16.9. The van der Waals surface area contributed by atoms with Crippen LogP contribution < -0.4 is 9.62 Å². The summed E-state index contributed by atoms with van der Waals surface area (Å²) in [6.45, 7) is 6.17. The Balaban J connectivity index is 2.21. The predicted octanol–water partition coefficient (Wildman–Crippen LogP) is 4.09. The molecule has 0 aliphatic rings. The highest BCUT2D eigenvalue weighted by atomic mass is 32.2. The van der Waals surface area contributed by atoms with Crippen LogP contribution in [0.1, 0.15) is 45.6 Å². The molecule has 0 heterocycles. The lowest BCUT2D eigenvalue weighted by Gasteiger charge is -2.31. The fourth-order valence-electron chi connectivity index (χ4n) is 3.76. The molecular formula is C26H35F2N3O4S. The number of halogens is 2. The van der Waals surface area contributed by atoms with Crippen LogP contribution in [0.3, 0.4) is 0 Å². The zero-order chi connectivity index (χ0) is 26.9. The maximum atomic E-state index is 14.3. The second kappa shape index (κ2) is 13.3. The van der Waals surface area contributed by atoms with Crippen LogP contribution in [-0.2, 0) is 26.2 Å². The van der Waals surface area contributed by atoms with E-state index < -0.39 is 27.7 Å². The molecule has 0 unspecified atom stereocenters. The number of benzene rings is 2. The average molecular weight is 524 g/mol. The maximum Gasteiger partial charge on any atom is 0.242 e. The molecule has 0 fully saturated rings. The summed E-state index contributed by atoms with van der Waals surface area (Å²) >= 11 is 0. The summed E-state index contributed by atoms with van der Waals surface area (Å²) in [5.41, 5.74) is 0.569. The van der Waals surface area contributed by atoms with Crippen LogP contribution >= 0.6 is 0 Å². The normalized spacial score (nSPS) is 12.3. The molecule has 2 aromatic carbocycles. The van der Waals surface area contributed by atoms with E-state index in [0.717, 1.165) is 10.6 Å². The number of sulfonamides is 1. The number of para-hydroxylation sites is 1. The Hall–Kier alpha value is -3.01. The largest absolute Gasteiger partial charge is 0.354 e. The topological polar surface area (TPSA) is 86.8 Å². The second-order valence-corrected chi connectivity index (χ2v) is 11.0. The first-order valence-corrected chi connectivity index (χ1v) is 13.8. The number of carbonyl (C=O) groups is 2. The molecule has 2 rings (SSSR count). The van der Waals surface area contributed by atoms with Crippen LogP contribution in [0.4, 0.5) is 14.5 Å². The van der Waals surface area contributed by atoms with Crippen molar-refractivity contribution in [1.82, 2.24) is 10.2 Å². The molecule has 0 aliphatic heterocycles. The van der Waals surface area contributed by atoms with E-state index in [9.17, 15) is 26.8 Å². The molecule has 0 aromatic heterocycles. The van der Waals surface area contributed by atoms with Gasteiger partial charge in [0.2, 0.25) is 21.8 Å². The molecule has 7 nitrogen and oxygen atoms in total. The van der Waals surface area contributed by atoms with Gasteiger partial charge in [-0.1, -0.05) is 45.0 Å². The van der Waals surface area contributed by atoms with Crippen molar-refractivity contribution >= 4 is 27.5 Å². The quantitative estimate of drug-likeness (QED) is 0.429. The van der Waals surface area contributed by atoms with Gasteiger partial charge in [-0.3, -0.25) is 13.9 Å². The molecule has 0 radical (unpaired) electrons. The van der Waals surface area contributed by atoms with E-state index in [1.165, 1.54) is 41.3 Å². The highest BCUT2D eigenvalue weighted by Gasteiger charge is 2.29. The van der Waals surface area contributed by atoms with Crippen molar-refractivity contribution in [3.8, 4) is 0 Å². The summed E-state index contributed by atoms with van der Waals surface area (Å²) in [4.78, 5) is 27.7. The van der Waals surface area contributed by atoms with Gasteiger partial charge in [-0.2, -0.15) is 0 Å². The van der Waals surface area contributed by atoms with Gasteiger partial charge in [0.05, 0.1) is 11.9 Å². The fraction of sp³-hybridized carbons (Fsp3) is 0.462. The Morgan fingerprint density at radius 1 is 1.03 bits per heavy atom. The Morgan fingerprint density at radius 3 is 2.22 bits per heavy atom. The van der Waals surface area contributed by atoms with Crippen molar-refractivity contribution in [3.63, 3.8) is 0 Å². The number of nitrogens with zero attached hydrogens (tertiary/aromatic N) is 2. The zero-order valence-corrected chi connectivity index (χ0v) is 22.0. The first-order valence-electron chi connectivity index (χ1n) is 12.0. The van der Waals surface area contributed by atoms with E-state index in [2.05, 4.69) is 5.32 Å². The van der Waals surface area contributed by atoms with E-state index in [1.807, 2.05) is 13.8 Å². The van der Waals surface area contributed by atoms with Crippen LogP contribution in [0.5, 0.6) is 0 Å². The van der Waals surface area contributed by atoms with Crippen molar-refractivity contribution in [2.45, 2.75) is 52.6 Å². The molecule has 1 atom stereocenters. The van der Waals surface area contributed by atoms with Crippen molar-refractivity contribution in [1.29, 1.82) is 0 Å². The third-order valence-electron chi connectivity index (χ3n) is 5.61. The minimum atomic E-state index is -3.79. The second-order valence-electron chi connectivity index (χ2n) is 9.10. The van der Waals surface area contributed by atoms with Crippen LogP contribution in [0.2, 0.25) is 0 Å². The summed E-state index contributed by atoms with van der Waals surface area (Å²) in [5, 5.41) is 2.86. The van der Waals surface area contributed by atoms with E-state index in [4.69, 9.17) is 0 Å². The minimum Gasteiger partial charge on any atom is -0.354 e. The van der Waals surface area contributed by atoms with Gasteiger partial charge in [0.25, 0.3) is 0 Å². The summed E-state index contributed by atoms with van der Waals surface area (Å²) in [6.07, 6.45) is 1.40. The monoisotopic (exact) mass is 523 g/mol. The van der Waals surface area contributed by atoms with Crippen molar-refractivity contribution in [2.75, 3.05) is 23.7 Å². The summed E-state index contributed by atoms with van der Waals surface area (Å²) in [5.74, 6) is -1.50. The van der Waals surface area contributed by atoms with Gasteiger partial charge in [-0.05, 0) is 48.6 Å². The molecule has 0 saturated carbocycles. The Labute approximate surface area is 212 Å². The van der Waals surface area contributed by atoms with Gasteiger partial charge in [0.15, 0.2) is 0 Å². The van der Waals surface area contributed by atoms with Crippen molar-refractivity contribution in [3.05, 3.63) is 65.7 Å². The number of hydrogen-bond acceptors (Lipinski definition) is 4. The average Bonchev–Trinajstić information content (AvgIpc) is 2.81. The van der Waals surface area contributed by atoms with E-state index in [0.29, 0.717) is 18.5 Å². The molecular weight excluding hydrogens is 488 g/mol. The lowest BCUT2D eigenvalue weighted by atomic mass is 10.1. The summed E-state index contributed by atoms with van der Waals surface area (Å²) in [7, 11) is -3.79. The molecule has 2 aromatic rings. The third kappa shape index (κ3) is 8.58. The molecule has 2 amide bonds. The number of rotatable bonds is 13. The van der Waals surface area contributed by atoms with Crippen LogP contribution in [-0.4, -0.2) is 50.5 Å². The van der Waals surface area contributed by atoms with Gasteiger partial charge >= 0.3 is 0 Å². The summed E-state index contributed by atoms with van der Waals surface area (Å²) < 4.78 is 53.2. The SMILES string of the molecule is CC[C@@H](C(=O)NCC(C)C)N(Cc1ccc(F)cc1)C(=O)CCCN(c1ccccc1F)S(C)(=O)=O. The highest BCUT2D eigenvalue weighted by Crippen LogP contribution is 2.22. The van der Waals surface area contributed by atoms with E-state index in [-0.39, 0.29) is 49.4 Å². The van der Waals surface area contributed by atoms with E-state index >= 15 is 0 Å². The highest BCUT2D eigenvalue weighted by molar-refractivity contribution is 7.92. The maximum absolute atomic E-state index is 14.3. The molecule has 0 spiro atoms. The molecule has 0 aliphatic carbocycles. The smallest absolute Gasteiger partial charge is 0.242 e. The molecule has 198 valence electrons. The van der Waals surface area contributed by atoms with Gasteiger partial charge in [0.1, 0.15) is 17.7 Å². The number of carbonyl (C=O) groups excluding carboxylic acids is 2. The Kier molecular flexibility index (Phi) is 10.8. The number of amides is 2. The zero-order valence-electron chi connectivity index (χ0n) is 21.2. The molecule has 0 bridgehead atoms. The van der Waals surface area contributed by atoms with Gasteiger partial charge < -0.3 is 10.2 Å². The standard InChI is InChI=1S/C26H35F2N3O4S/c1-5-23(26(33)29-17-19(2)3)30(18-20-12-14-21(27)15-13-20)25(32)11-8-16-31(36(4,34)35)24-10-7-6-9-22(24)28/h6-7,9-10,12-15,19,23H,5,8,11,16-18H2,1-4H3,(H,29,33)/t23-/m0/s1. The number of anilines is 1. The predicted molar refractivity (Wildman–Crippen MR) is 137 cm³/mol. The molecule has 0 saturated heterocycles. The first kappa shape index (κ1) is 29.2. The van der Waals surface area contributed by atoms with E-state index in [1.54, 1.807) is 19.1 Å². The Bertz CT molecular complexity index is 1120. The summed E-state index contributed by atoms with van der Waals surface area (Å²) in [6, 6.07) is 10.5. The third-order valence-corrected chi connectivity index (χ3v) is 6.79. The van der Waals surface area contributed by atoms with Gasteiger partial charge in [-0.25, -0.2) is 17.2 Å². The minimum absolute atomic E-state index is 0.0599. The lowest BCUT2D eigenvalue weighted by molar-refractivity contribution is -0.141. The number of hydrogen-bond donors (Lipinski definition) is 1. The number of nitrogens with one attached hydrogen (secondary N) is 1. The fourth-order valence-corrected chi connectivity index (χ4v) is 4.73. The molecule has 36 heavy (non-hydrogen) atoms. The van der Waals surface area contributed by atoms with Crippen LogP contribution in [0.25, 0.3) is 0 Å².